The zero-order valence-corrected chi connectivity index (χ0v) is 16.6. The van der Waals surface area contributed by atoms with Crippen molar-refractivity contribution in [1.29, 1.82) is 0 Å². The van der Waals surface area contributed by atoms with E-state index in [9.17, 15) is 19.5 Å². The number of hydrogen-bond donors (Lipinski definition) is 5. The van der Waals surface area contributed by atoms with Crippen LogP contribution in [0.25, 0.3) is 10.9 Å². The third kappa shape index (κ3) is 5.60. The quantitative estimate of drug-likeness (QED) is 0.392. The Balaban J connectivity index is 1.48. The predicted molar refractivity (Wildman–Crippen MR) is 113 cm³/mol. The molecule has 3 aromatic rings. The Labute approximate surface area is 173 Å². The topological polar surface area (TPSA) is 123 Å². The molecule has 0 aliphatic carbocycles. The maximum atomic E-state index is 12.1. The average molecular weight is 408 g/mol. The van der Waals surface area contributed by atoms with Gasteiger partial charge in [0.25, 0.3) is 0 Å². The summed E-state index contributed by atoms with van der Waals surface area (Å²) in [6.07, 6.45) is 1.85. The van der Waals surface area contributed by atoms with Gasteiger partial charge in [0.2, 0.25) is 5.91 Å². The van der Waals surface area contributed by atoms with Gasteiger partial charge in [0.1, 0.15) is 6.04 Å². The van der Waals surface area contributed by atoms with Gasteiger partial charge in [-0.1, -0.05) is 48.0 Å². The number of para-hydroxylation sites is 1. The Morgan fingerprint density at radius 1 is 1.03 bits per heavy atom. The number of benzene rings is 2. The van der Waals surface area contributed by atoms with E-state index in [2.05, 4.69) is 20.9 Å². The van der Waals surface area contributed by atoms with E-state index < -0.39 is 18.0 Å². The van der Waals surface area contributed by atoms with Crippen LogP contribution in [0, 0.1) is 6.92 Å². The Hall–Kier alpha value is -3.81. The molecule has 0 bridgehead atoms. The van der Waals surface area contributed by atoms with E-state index in [1.54, 1.807) is 6.20 Å². The van der Waals surface area contributed by atoms with Gasteiger partial charge < -0.3 is 26.0 Å². The molecule has 1 aromatic heterocycles. The van der Waals surface area contributed by atoms with Crippen LogP contribution in [0.2, 0.25) is 0 Å². The number of hydrogen-bond acceptors (Lipinski definition) is 3. The summed E-state index contributed by atoms with van der Waals surface area (Å²) in [5.41, 5.74) is 3.76. The lowest BCUT2D eigenvalue weighted by Crippen LogP contribution is -2.49. The fourth-order valence-corrected chi connectivity index (χ4v) is 3.06. The molecule has 0 unspecified atom stereocenters. The van der Waals surface area contributed by atoms with Crippen LogP contribution in [0.3, 0.4) is 0 Å². The molecule has 30 heavy (non-hydrogen) atoms. The van der Waals surface area contributed by atoms with Crippen molar-refractivity contribution in [2.45, 2.75) is 25.9 Å². The Morgan fingerprint density at radius 2 is 1.77 bits per heavy atom. The first kappa shape index (κ1) is 20.9. The lowest BCUT2D eigenvalue weighted by atomic mass is 10.1. The van der Waals surface area contributed by atoms with Crippen molar-refractivity contribution in [1.82, 2.24) is 20.9 Å². The van der Waals surface area contributed by atoms with E-state index in [4.69, 9.17) is 0 Å². The number of carboxylic acids is 1. The van der Waals surface area contributed by atoms with Gasteiger partial charge in [0.15, 0.2) is 0 Å². The highest BCUT2D eigenvalue weighted by molar-refractivity contribution is 5.88. The number of fused-ring (bicyclic) bond motifs is 1. The molecule has 3 amide bonds. The van der Waals surface area contributed by atoms with Crippen molar-refractivity contribution in [2.24, 2.45) is 0 Å². The largest absolute Gasteiger partial charge is 0.480 e. The molecule has 156 valence electrons. The van der Waals surface area contributed by atoms with Crippen molar-refractivity contribution >= 4 is 28.8 Å². The van der Waals surface area contributed by atoms with E-state index >= 15 is 0 Å². The molecule has 5 N–H and O–H groups in total. The van der Waals surface area contributed by atoms with Crippen LogP contribution in [-0.2, 0) is 22.6 Å². The Kier molecular flexibility index (Phi) is 6.69. The third-order valence-corrected chi connectivity index (χ3v) is 4.72. The summed E-state index contributed by atoms with van der Waals surface area (Å²) in [5.74, 6) is -1.52. The zero-order valence-electron chi connectivity index (χ0n) is 16.6. The minimum atomic E-state index is -1.15. The van der Waals surface area contributed by atoms with E-state index in [1.807, 2.05) is 55.5 Å². The van der Waals surface area contributed by atoms with Gasteiger partial charge in [-0.05, 0) is 24.1 Å². The van der Waals surface area contributed by atoms with E-state index in [1.165, 1.54) is 0 Å². The number of carbonyl (C=O) groups is 3. The minimum Gasteiger partial charge on any atom is -0.480 e. The first-order chi connectivity index (χ1) is 14.4. The number of amides is 3. The summed E-state index contributed by atoms with van der Waals surface area (Å²) in [6.45, 7) is 2.08. The van der Waals surface area contributed by atoms with Gasteiger partial charge in [-0.25, -0.2) is 9.59 Å². The molecule has 8 heteroatoms. The van der Waals surface area contributed by atoms with E-state index in [-0.39, 0.29) is 18.9 Å². The van der Waals surface area contributed by atoms with Crippen molar-refractivity contribution in [3.63, 3.8) is 0 Å². The van der Waals surface area contributed by atoms with Crippen molar-refractivity contribution in [3.05, 3.63) is 71.4 Å². The van der Waals surface area contributed by atoms with Crippen LogP contribution < -0.4 is 16.0 Å². The van der Waals surface area contributed by atoms with E-state index in [0.717, 1.165) is 27.6 Å². The summed E-state index contributed by atoms with van der Waals surface area (Å²) in [7, 11) is 0. The number of H-pyrrole nitrogens is 1. The number of aliphatic carboxylic acids is 1. The second kappa shape index (κ2) is 9.60. The number of nitrogens with one attached hydrogen (secondary N) is 4. The highest BCUT2D eigenvalue weighted by atomic mass is 16.4. The molecule has 0 aliphatic heterocycles. The van der Waals surface area contributed by atoms with Crippen molar-refractivity contribution < 1.29 is 19.5 Å². The molecule has 8 nitrogen and oxygen atoms in total. The van der Waals surface area contributed by atoms with Crippen LogP contribution in [0.15, 0.2) is 54.7 Å². The number of aryl methyl sites for hydroxylation is 1. The van der Waals surface area contributed by atoms with Gasteiger partial charge in [0.05, 0.1) is 6.54 Å². The van der Waals surface area contributed by atoms with Crippen LogP contribution in [0.1, 0.15) is 16.7 Å². The molecule has 0 saturated heterocycles. The van der Waals surface area contributed by atoms with Crippen LogP contribution in [-0.4, -0.2) is 40.6 Å². The molecule has 0 aliphatic rings. The molecular weight excluding hydrogens is 384 g/mol. The normalized spacial score (nSPS) is 11.6. The fourth-order valence-electron chi connectivity index (χ4n) is 3.06. The smallest absolute Gasteiger partial charge is 0.326 e. The van der Waals surface area contributed by atoms with Gasteiger partial charge in [-0.2, -0.15) is 0 Å². The number of carboxylic acid groups (broad SMARTS) is 1. The summed E-state index contributed by atoms with van der Waals surface area (Å²) in [6, 6.07) is 13.4. The SMILES string of the molecule is Cc1ccc(CNC(=O)CNC(=O)N[C@@H](Cc2c[nH]c3ccccc23)C(=O)O)cc1. The van der Waals surface area contributed by atoms with Crippen LogP contribution in [0.4, 0.5) is 4.79 Å². The first-order valence-electron chi connectivity index (χ1n) is 9.57. The molecule has 3 rings (SSSR count). The summed E-state index contributed by atoms with van der Waals surface area (Å²) >= 11 is 0. The fraction of sp³-hybridized carbons (Fsp3) is 0.227. The van der Waals surface area contributed by atoms with Crippen molar-refractivity contribution in [2.75, 3.05) is 6.54 Å². The van der Waals surface area contributed by atoms with Crippen LogP contribution in [0.5, 0.6) is 0 Å². The highest BCUT2D eigenvalue weighted by Gasteiger charge is 2.22. The summed E-state index contributed by atoms with van der Waals surface area (Å²) in [4.78, 5) is 38.7. The zero-order chi connectivity index (χ0) is 21.5. The van der Waals surface area contributed by atoms with Gasteiger partial charge in [-0.15, -0.1) is 0 Å². The molecule has 2 aromatic carbocycles. The standard InChI is InChI=1S/C22H24N4O4/c1-14-6-8-15(9-7-14)11-24-20(27)13-25-22(30)26-19(21(28)29)10-16-12-23-18-5-3-2-4-17(16)18/h2-9,12,19,23H,10-11,13H2,1H3,(H,24,27)(H,28,29)(H2,25,26,30)/t19-/m0/s1. The molecule has 0 radical (unpaired) electrons. The Morgan fingerprint density at radius 3 is 2.50 bits per heavy atom. The number of rotatable bonds is 8. The maximum absolute atomic E-state index is 12.1. The molecule has 0 saturated carbocycles. The Bertz CT molecular complexity index is 1040. The van der Waals surface area contributed by atoms with Crippen molar-refractivity contribution in [3.8, 4) is 0 Å². The highest BCUT2D eigenvalue weighted by Crippen LogP contribution is 2.19. The summed E-state index contributed by atoms with van der Waals surface area (Å²) in [5, 5.41) is 17.9. The number of aromatic nitrogens is 1. The number of aromatic amines is 1. The molecule has 0 spiro atoms. The first-order valence-corrected chi connectivity index (χ1v) is 9.57. The minimum absolute atomic E-state index is 0.117. The lowest BCUT2D eigenvalue weighted by molar-refractivity contribution is -0.139. The molecule has 1 atom stereocenters. The van der Waals surface area contributed by atoms with E-state index in [0.29, 0.717) is 6.54 Å². The molecular formula is C22H24N4O4. The monoisotopic (exact) mass is 408 g/mol. The van der Waals surface area contributed by atoms with Gasteiger partial charge in [0, 0.05) is 30.1 Å². The predicted octanol–water partition coefficient (Wildman–Crippen LogP) is 2.09. The van der Waals surface area contributed by atoms with Gasteiger partial charge in [-0.3, -0.25) is 4.79 Å². The number of carbonyl (C=O) groups excluding carboxylic acids is 2. The third-order valence-electron chi connectivity index (χ3n) is 4.72. The second-order valence-corrected chi connectivity index (χ2v) is 7.04. The second-order valence-electron chi connectivity index (χ2n) is 7.04. The van der Waals surface area contributed by atoms with Crippen LogP contribution >= 0.6 is 0 Å². The molecule has 1 heterocycles. The maximum Gasteiger partial charge on any atom is 0.326 e. The summed E-state index contributed by atoms with van der Waals surface area (Å²) < 4.78 is 0. The van der Waals surface area contributed by atoms with Gasteiger partial charge >= 0.3 is 12.0 Å². The number of urea groups is 1. The lowest BCUT2D eigenvalue weighted by Gasteiger charge is -2.15. The average Bonchev–Trinajstić information content (AvgIpc) is 3.14. The molecule has 0 fully saturated rings.